The largest absolute Gasteiger partial charge is 0.444 e. The van der Waals surface area contributed by atoms with Gasteiger partial charge in [0.25, 0.3) is 0 Å². The molecule has 0 bridgehead atoms. The summed E-state index contributed by atoms with van der Waals surface area (Å²) in [6.45, 7) is 9.48. The first-order valence-corrected chi connectivity index (χ1v) is 12.4. The molecule has 1 aromatic carbocycles. The molecule has 2 saturated heterocycles. The van der Waals surface area contributed by atoms with Gasteiger partial charge in [-0.2, -0.15) is 0 Å². The Hall–Kier alpha value is -2.74. The Morgan fingerprint density at radius 1 is 1.06 bits per heavy atom. The molecule has 3 amide bonds. The van der Waals surface area contributed by atoms with Gasteiger partial charge in [-0.15, -0.1) is 0 Å². The summed E-state index contributed by atoms with van der Waals surface area (Å²) < 4.78 is 5.54. The van der Waals surface area contributed by atoms with Crippen LogP contribution >= 0.6 is 11.6 Å². The Kier molecular flexibility index (Phi) is 7.36. The van der Waals surface area contributed by atoms with Crippen molar-refractivity contribution in [1.82, 2.24) is 20.1 Å². The number of carbonyl (C=O) groups is 2. The van der Waals surface area contributed by atoms with Gasteiger partial charge in [-0.05, 0) is 64.3 Å². The van der Waals surface area contributed by atoms with Gasteiger partial charge in [0, 0.05) is 67.6 Å². The molecule has 0 radical (unpaired) electrons. The van der Waals surface area contributed by atoms with Crippen LogP contribution in [-0.4, -0.2) is 77.8 Å². The lowest BCUT2D eigenvalue weighted by molar-refractivity contribution is 0.0244. The number of likely N-dealkylation sites (tertiary alicyclic amines) is 1. The van der Waals surface area contributed by atoms with Crippen molar-refractivity contribution in [1.29, 1.82) is 0 Å². The number of carbonyl (C=O) groups excluding carboxylic acids is 2. The number of ether oxygens (including phenoxy) is 1. The zero-order valence-corrected chi connectivity index (χ0v) is 21.0. The average molecular weight is 488 g/mol. The summed E-state index contributed by atoms with van der Waals surface area (Å²) in [7, 11) is 0. The van der Waals surface area contributed by atoms with Crippen LogP contribution in [0.3, 0.4) is 0 Å². The van der Waals surface area contributed by atoms with E-state index >= 15 is 0 Å². The second-order valence-corrected chi connectivity index (χ2v) is 10.5. The SMILES string of the molecule is CC(C)(C)OC(=O)N1CCCCC(NC(=O)N2CCN(c3ccnc4cc(Cl)ccc34)CC2)C1. The third-order valence-electron chi connectivity index (χ3n) is 6.24. The smallest absolute Gasteiger partial charge is 0.410 e. The van der Waals surface area contributed by atoms with E-state index in [9.17, 15) is 9.59 Å². The van der Waals surface area contributed by atoms with Gasteiger partial charge < -0.3 is 24.8 Å². The summed E-state index contributed by atoms with van der Waals surface area (Å²) in [5, 5.41) is 4.89. The van der Waals surface area contributed by atoms with Gasteiger partial charge in [-0.1, -0.05) is 11.6 Å². The van der Waals surface area contributed by atoms with E-state index in [1.54, 1.807) is 11.1 Å². The van der Waals surface area contributed by atoms with Crippen LogP contribution in [0.15, 0.2) is 30.5 Å². The van der Waals surface area contributed by atoms with Crippen molar-refractivity contribution in [3.63, 3.8) is 0 Å². The molecule has 0 aliphatic carbocycles. The highest BCUT2D eigenvalue weighted by Crippen LogP contribution is 2.28. The number of benzene rings is 1. The maximum atomic E-state index is 13.0. The number of nitrogens with zero attached hydrogens (tertiary/aromatic N) is 4. The zero-order valence-electron chi connectivity index (χ0n) is 20.2. The van der Waals surface area contributed by atoms with Crippen LogP contribution in [0.2, 0.25) is 5.02 Å². The molecule has 34 heavy (non-hydrogen) atoms. The van der Waals surface area contributed by atoms with Gasteiger partial charge >= 0.3 is 12.1 Å². The minimum atomic E-state index is -0.534. The lowest BCUT2D eigenvalue weighted by Gasteiger charge is -2.37. The number of hydrogen-bond acceptors (Lipinski definition) is 5. The first-order valence-electron chi connectivity index (χ1n) is 12.0. The van der Waals surface area contributed by atoms with Crippen molar-refractivity contribution < 1.29 is 14.3 Å². The normalized spacial score (nSPS) is 19.6. The van der Waals surface area contributed by atoms with E-state index in [0.29, 0.717) is 31.2 Å². The number of urea groups is 1. The van der Waals surface area contributed by atoms with Crippen molar-refractivity contribution >= 4 is 40.3 Å². The molecule has 9 heteroatoms. The summed E-state index contributed by atoms with van der Waals surface area (Å²) >= 11 is 6.12. The number of anilines is 1. The van der Waals surface area contributed by atoms with Gasteiger partial charge in [0.05, 0.1) is 5.52 Å². The van der Waals surface area contributed by atoms with Crippen LogP contribution in [0.1, 0.15) is 40.0 Å². The minimum absolute atomic E-state index is 0.0675. The van der Waals surface area contributed by atoms with Crippen molar-refractivity contribution in [2.75, 3.05) is 44.2 Å². The number of fused-ring (bicyclic) bond motifs is 1. The summed E-state index contributed by atoms with van der Waals surface area (Å²) in [4.78, 5) is 35.9. The fraction of sp³-hybridized carbons (Fsp3) is 0.560. The van der Waals surface area contributed by atoms with E-state index in [2.05, 4.69) is 15.2 Å². The standard InChI is InChI=1S/C25H34ClN5O3/c1-25(2,3)34-24(33)31-11-5-4-6-19(17-31)28-23(32)30-14-12-29(13-15-30)22-9-10-27-21-16-18(26)7-8-20(21)22/h7-10,16,19H,4-6,11-15,17H2,1-3H3,(H,28,32). The molecule has 1 unspecified atom stereocenters. The molecule has 2 aliphatic rings. The van der Waals surface area contributed by atoms with Gasteiger partial charge in [0.2, 0.25) is 0 Å². The first kappa shape index (κ1) is 24.4. The number of aromatic nitrogens is 1. The predicted molar refractivity (Wildman–Crippen MR) is 135 cm³/mol. The summed E-state index contributed by atoms with van der Waals surface area (Å²) in [5.41, 5.74) is 1.44. The molecule has 3 heterocycles. The molecule has 1 atom stereocenters. The molecule has 2 fully saturated rings. The van der Waals surface area contributed by atoms with Gasteiger partial charge in [0.15, 0.2) is 0 Å². The quantitative estimate of drug-likeness (QED) is 0.674. The number of pyridine rings is 1. The van der Waals surface area contributed by atoms with E-state index in [1.807, 2.05) is 49.9 Å². The molecule has 0 saturated carbocycles. The molecular weight excluding hydrogens is 454 g/mol. The number of piperazine rings is 1. The highest BCUT2D eigenvalue weighted by molar-refractivity contribution is 6.31. The lowest BCUT2D eigenvalue weighted by Crippen LogP contribution is -2.55. The van der Waals surface area contributed by atoms with Crippen LogP contribution < -0.4 is 10.2 Å². The van der Waals surface area contributed by atoms with E-state index in [1.165, 1.54) is 0 Å². The first-order chi connectivity index (χ1) is 16.2. The van der Waals surface area contributed by atoms with Crippen LogP contribution in [0.4, 0.5) is 15.3 Å². The third kappa shape index (κ3) is 6.03. The fourth-order valence-electron chi connectivity index (χ4n) is 4.55. The second-order valence-electron chi connectivity index (χ2n) is 10.0. The summed E-state index contributed by atoms with van der Waals surface area (Å²) in [5.74, 6) is 0. The fourth-order valence-corrected chi connectivity index (χ4v) is 4.72. The van der Waals surface area contributed by atoms with Crippen LogP contribution in [-0.2, 0) is 4.74 Å². The molecule has 0 spiro atoms. The molecule has 1 aromatic heterocycles. The molecule has 2 aromatic rings. The van der Waals surface area contributed by atoms with Gasteiger partial charge in [-0.25, -0.2) is 9.59 Å². The van der Waals surface area contributed by atoms with Crippen LogP contribution in [0, 0.1) is 0 Å². The molecule has 1 N–H and O–H groups in total. The third-order valence-corrected chi connectivity index (χ3v) is 6.48. The highest BCUT2D eigenvalue weighted by atomic mass is 35.5. The number of nitrogens with one attached hydrogen (secondary N) is 1. The summed E-state index contributed by atoms with van der Waals surface area (Å²) in [6, 6.07) is 7.63. The van der Waals surface area contributed by atoms with Crippen LogP contribution in [0.5, 0.6) is 0 Å². The Bertz CT molecular complexity index is 1030. The Labute approximate surface area is 206 Å². The van der Waals surface area contributed by atoms with Crippen LogP contribution in [0.25, 0.3) is 10.9 Å². The Morgan fingerprint density at radius 2 is 1.82 bits per heavy atom. The minimum Gasteiger partial charge on any atom is -0.444 e. The Morgan fingerprint density at radius 3 is 2.56 bits per heavy atom. The average Bonchev–Trinajstić information content (AvgIpc) is 3.03. The van der Waals surface area contributed by atoms with E-state index in [-0.39, 0.29) is 18.2 Å². The monoisotopic (exact) mass is 487 g/mol. The van der Waals surface area contributed by atoms with E-state index in [0.717, 1.165) is 48.9 Å². The number of halogens is 1. The number of hydrogen-bond donors (Lipinski definition) is 1. The zero-order chi connectivity index (χ0) is 24.3. The van der Waals surface area contributed by atoms with E-state index in [4.69, 9.17) is 16.3 Å². The molecule has 4 rings (SSSR count). The topological polar surface area (TPSA) is 78.0 Å². The molecule has 8 nitrogen and oxygen atoms in total. The van der Waals surface area contributed by atoms with E-state index < -0.39 is 5.60 Å². The molecule has 184 valence electrons. The van der Waals surface area contributed by atoms with Crippen molar-refractivity contribution in [3.8, 4) is 0 Å². The van der Waals surface area contributed by atoms with Crippen molar-refractivity contribution in [3.05, 3.63) is 35.5 Å². The predicted octanol–water partition coefficient (Wildman–Crippen LogP) is 4.51. The number of rotatable bonds is 2. The van der Waals surface area contributed by atoms with Gasteiger partial charge in [0.1, 0.15) is 5.60 Å². The van der Waals surface area contributed by atoms with Crippen molar-refractivity contribution in [2.24, 2.45) is 0 Å². The maximum absolute atomic E-state index is 13.0. The lowest BCUT2D eigenvalue weighted by atomic mass is 10.1. The van der Waals surface area contributed by atoms with Gasteiger partial charge in [-0.3, -0.25) is 4.98 Å². The second kappa shape index (κ2) is 10.3. The molecular formula is C25H34ClN5O3. The number of amides is 3. The van der Waals surface area contributed by atoms with Crippen molar-refractivity contribution in [2.45, 2.75) is 51.7 Å². The Balaban J connectivity index is 1.33. The molecule has 2 aliphatic heterocycles. The highest BCUT2D eigenvalue weighted by Gasteiger charge is 2.29. The maximum Gasteiger partial charge on any atom is 0.410 e. The summed E-state index contributed by atoms with van der Waals surface area (Å²) in [6.07, 6.45) is 4.23.